The molecule has 4 N–H and O–H groups in total. The molecule has 14 heteroatoms. The first-order valence-corrected chi connectivity index (χ1v) is 10.2. The number of rotatable bonds is 3. The minimum Gasteiger partial charge on any atom is -0.382 e. The predicted molar refractivity (Wildman–Crippen MR) is 116 cm³/mol. The Labute approximate surface area is 190 Å². The maximum Gasteiger partial charge on any atom is 0.261 e. The SMILES string of the molecule is CN1CCC(F)(F)C1.Cc1nc2ccc(-c3c(F)cn4nc(N)nc(N)c34)nc2n1CC(F)F. The van der Waals surface area contributed by atoms with Crippen LogP contribution in [0.25, 0.3) is 27.9 Å². The van der Waals surface area contributed by atoms with E-state index in [-0.39, 0.29) is 47.2 Å². The molecule has 34 heavy (non-hydrogen) atoms. The molecule has 1 fully saturated rings. The van der Waals surface area contributed by atoms with Crippen LogP contribution in [0.15, 0.2) is 18.3 Å². The number of aryl methyl sites for hydroxylation is 1. The van der Waals surface area contributed by atoms with Crippen LogP contribution in [0.5, 0.6) is 0 Å². The van der Waals surface area contributed by atoms with E-state index in [0.717, 1.165) is 6.20 Å². The highest BCUT2D eigenvalue weighted by molar-refractivity contribution is 5.88. The molecule has 0 aromatic carbocycles. The molecule has 4 aromatic rings. The van der Waals surface area contributed by atoms with E-state index in [0.29, 0.717) is 17.9 Å². The molecule has 5 heterocycles. The summed E-state index contributed by atoms with van der Waals surface area (Å²) in [5, 5.41) is 3.89. The lowest BCUT2D eigenvalue weighted by Crippen LogP contribution is -2.21. The van der Waals surface area contributed by atoms with Crippen molar-refractivity contribution >= 4 is 28.4 Å². The molecule has 182 valence electrons. The summed E-state index contributed by atoms with van der Waals surface area (Å²) in [5.74, 6) is -2.78. The van der Waals surface area contributed by atoms with Gasteiger partial charge in [-0.3, -0.25) is 0 Å². The molecular formula is C20H22F5N9. The normalized spacial score (nSPS) is 15.9. The van der Waals surface area contributed by atoms with E-state index in [1.54, 1.807) is 24.9 Å². The summed E-state index contributed by atoms with van der Waals surface area (Å²) in [6, 6.07) is 3.12. The Balaban J connectivity index is 0.000000291. The fourth-order valence-corrected chi connectivity index (χ4v) is 3.86. The van der Waals surface area contributed by atoms with Gasteiger partial charge in [0.05, 0.1) is 30.5 Å². The second-order valence-corrected chi connectivity index (χ2v) is 8.04. The smallest absolute Gasteiger partial charge is 0.261 e. The Kier molecular flexibility index (Phi) is 6.02. The van der Waals surface area contributed by atoms with E-state index < -0.39 is 24.7 Å². The van der Waals surface area contributed by atoms with Gasteiger partial charge in [-0.15, -0.1) is 5.10 Å². The average Bonchev–Trinajstić information content (AvgIpc) is 3.33. The van der Waals surface area contributed by atoms with Crippen LogP contribution in [0.2, 0.25) is 0 Å². The van der Waals surface area contributed by atoms with Gasteiger partial charge in [-0.1, -0.05) is 0 Å². The van der Waals surface area contributed by atoms with Crippen molar-refractivity contribution in [1.82, 2.24) is 34.0 Å². The highest BCUT2D eigenvalue weighted by Gasteiger charge is 2.36. The second kappa shape index (κ2) is 8.66. The fourth-order valence-electron chi connectivity index (χ4n) is 3.86. The van der Waals surface area contributed by atoms with E-state index in [4.69, 9.17) is 11.5 Å². The topological polar surface area (TPSA) is 116 Å². The van der Waals surface area contributed by atoms with Crippen LogP contribution in [0, 0.1) is 12.7 Å². The van der Waals surface area contributed by atoms with Gasteiger partial charge in [-0.25, -0.2) is 36.4 Å². The van der Waals surface area contributed by atoms with Crippen molar-refractivity contribution in [3.05, 3.63) is 30.0 Å². The number of nitrogen functional groups attached to an aromatic ring is 2. The zero-order chi connectivity index (χ0) is 24.8. The summed E-state index contributed by atoms with van der Waals surface area (Å²) in [5.41, 5.74) is 12.5. The van der Waals surface area contributed by atoms with Crippen LogP contribution in [0.3, 0.4) is 0 Å². The third-order valence-corrected chi connectivity index (χ3v) is 5.35. The number of hydrogen-bond acceptors (Lipinski definition) is 7. The third-order valence-electron chi connectivity index (χ3n) is 5.35. The largest absolute Gasteiger partial charge is 0.382 e. The van der Waals surface area contributed by atoms with Gasteiger partial charge < -0.3 is 20.9 Å². The van der Waals surface area contributed by atoms with Gasteiger partial charge >= 0.3 is 0 Å². The molecule has 1 aliphatic heterocycles. The number of halogens is 5. The van der Waals surface area contributed by atoms with E-state index in [1.165, 1.54) is 15.1 Å². The lowest BCUT2D eigenvalue weighted by Gasteiger charge is -2.07. The lowest BCUT2D eigenvalue weighted by atomic mass is 10.1. The summed E-state index contributed by atoms with van der Waals surface area (Å²) in [7, 11) is 1.71. The van der Waals surface area contributed by atoms with Crippen LogP contribution in [0.1, 0.15) is 12.2 Å². The quantitative estimate of drug-likeness (QED) is 0.431. The van der Waals surface area contributed by atoms with Crippen molar-refractivity contribution in [2.45, 2.75) is 32.2 Å². The zero-order valence-corrected chi connectivity index (χ0v) is 18.3. The van der Waals surface area contributed by atoms with Crippen LogP contribution in [0.4, 0.5) is 33.7 Å². The Morgan fingerprint density at radius 1 is 1.15 bits per heavy atom. The van der Waals surface area contributed by atoms with Crippen molar-refractivity contribution in [2.75, 3.05) is 31.6 Å². The van der Waals surface area contributed by atoms with Crippen molar-refractivity contribution in [2.24, 2.45) is 0 Å². The van der Waals surface area contributed by atoms with Gasteiger partial charge in [-0.2, -0.15) is 4.98 Å². The minimum atomic E-state index is -2.57. The Hall–Kier alpha value is -3.55. The monoisotopic (exact) mass is 483 g/mol. The Bertz CT molecular complexity index is 1350. The minimum absolute atomic E-state index is 0.0180. The van der Waals surface area contributed by atoms with E-state index >= 15 is 0 Å². The van der Waals surface area contributed by atoms with Gasteiger partial charge in [0.25, 0.3) is 12.3 Å². The van der Waals surface area contributed by atoms with Crippen LogP contribution in [-0.2, 0) is 6.54 Å². The third kappa shape index (κ3) is 4.58. The summed E-state index contributed by atoms with van der Waals surface area (Å²) < 4.78 is 67.0. The molecule has 0 saturated carbocycles. The molecule has 0 unspecified atom stereocenters. The highest BCUT2D eigenvalue weighted by Crippen LogP contribution is 2.32. The number of alkyl halides is 4. The zero-order valence-electron chi connectivity index (χ0n) is 18.3. The number of aromatic nitrogens is 6. The first-order chi connectivity index (χ1) is 15.9. The maximum atomic E-state index is 14.6. The van der Waals surface area contributed by atoms with Crippen molar-refractivity contribution in [1.29, 1.82) is 0 Å². The van der Waals surface area contributed by atoms with Gasteiger partial charge in [-0.05, 0) is 26.1 Å². The summed E-state index contributed by atoms with van der Waals surface area (Å²) >= 11 is 0. The van der Waals surface area contributed by atoms with E-state index in [1.807, 2.05) is 0 Å². The molecule has 0 atom stereocenters. The van der Waals surface area contributed by atoms with Gasteiger partial charge in [0.15, 0.2) is 17.3 Å². The number of hydrogen-bond donors (Lipinski definition) is 2. The summed E-state index contributed by atoms with van der Waals surface area (Å²) in [4.78, 5) is 14.0. The van der Waals surface area contributed by atoms with E-state index in [9.17, 15) is 22.0 Å². The molecule has 0 radical (unpaired) electrons. The molecule has 1 aliphatic rings. The van der Waals surface area contributed by atoms with Crippen molar-refractivity contribution < 1.29 is 22.0 Å². The van der Waals surface area contributed by atoms with Crippen LogP contribution >= 0.6 is 0 Å². The maximum absolute atomic E-state index is 14.6. The number of anilines is 2. The average molecular weight is 483 g/mol. The van der Waals surface area contributed by atoms with Crippen LogP contribution < -0.4 is 11.5 Å². The number of imidazole rings is 1. The summed E-state index contributed by atoms with van der Waals surface area (Å²) in [6.07, 6.45) is -1.44. The molecule has 0 amide bonds. The molecule has 1 saturated heterocycles. The molecule has 0 bridgehead atoms. The first kappa shape index (κ1) is 23.6. The number of pyridine rings is 1. The Morgan fingerprint density at radius 2 is 1.88 bits per heavy atom. The number of fused-ring (bicyclic) bond motifs is 2. The molecule has 4 aromatic heterocycles. The van der Waals surface area contributed by atoms with Crippen molar-refractivity contribution in [3.8, 4) is 11.3 Å². The van der Waals surface area contributed by atoms with Gasteiger partial charge in [0, 0.05) is 13.0 Å². The molecule has 9 nitrogen and oxygen atoms in total. The molecule has 0 aliphatic carbocycles. The Morgan fingerprint density at radius 3 is 2.47 bits per heavy atom. The lowest BCUT2D eigenvalue weighted by molar-refractivity contribution is 0.0146. The van der Waals surface area contributed by atoms with Crippen molar-refractivity contribution in [3.63, 3.8) is 0 Å². The number of nitrogens with two attached hydrogens (primary N) is 2. The van der Waals surface area contributed by atoms with Crippen LogP contribution in [-0.4, -0.2) is 66.5 Å². The number of likely N-dealkylation sites (tertiary alicyclic amines) is 1. The molecule has 5 rings (SSSR count). The molecular weight excluding hydrogens is 461 g/mol. The van der Waals surface area contributed by atoms with E-state index in [2.05, 4.69) is 20.1 Å². The standard InChI is InChI=1S/C15H13F3N8.C5H9F2N/c1-6-21-9-3-2-8(22-14(9)25(6)5-10(17)18)11-7(16)4-26-12(11)13(19)23-15(20)24-26;1-8-3-2-5(6,7)4-8/h2-4,10H,5H2,1H3,(H4,19,20,23,24);2-4H2,1H3. The second-order valence-electron chi connectivity index (χ2n) is 8.04. The highest BCUT2D eigenvalue weighted by atomic mass is 19.3. The van der Waals surface area contributed by atoms with Gasteiger partial charge in [0.2, 0.25) is 5.95 Å². The first-order valence-electron chi connectivity index (χ1n) is 10.2. The predicted octanol–water partition coefficient (Wildman–Crippen LogP) is 2.98. The fraction of sp³-hybridized carbons (Fsp3) is 0.400. The molecule has 0 spiro atoms. The summed E-state index contributed by atoms with van der Waals surface area (Å²) in [6.45, 7) is 1.52. The number of nitrogens with zero attached hydrogens (tertiary/aromatic N) is 7. The van der Waals surface area contributed by atoms with Gasteiger partial charge in [0.1, 0.15) is 16.9 Å².